The number of carbonyl (C=O) groups excluding carboxylic acids is 1. The Labute approximate surface area is 395 Å². The zero-order valence-corrected chi connectivity index (χ0v) is 38.9. The molecule has 0 atom stereocenters. The fourth-order valence-corrected chi connectivity index (χ4v) is 5.91. The van der Waals surface area contributed by atoms with Crippen LogP contribution in [-0.2, 0) is 21.9 Å². The van der Waals surface area contributed by atoms with Gasteiger partial charge in [-0.3, -0.25) is 19.6 Å². The first-order valence-corrected chi connectivity index (χ1v) is 21.5. The predicted molar refractivity (Wildman–Crippen MR) is 246 cm³/mol. The quantitative estimate of drug-likeness (QED) is 0.0353. The molecule has 0 saturated heterocycles. The lowest BCUT2D eigenvalue weighted by Crippen LogP contribution is -2.42. The van der Waals surface area contributed by atoms with Crippen LogP contribution in [0.25, 0.3) is 45.3 Å². The summed E-state index contributed by atoms with van der Waals surface area (Å²) in [6.07, 6.45) is -3.20. The van der Waals surface area contributed by atoms with Gasteiger partial charge in [-0.15, -0.1) is 0 Å². The summed E-state index contributed by atoms with van der Waals surface area (Å²) in [7, 11) is 3.57. The van der Waals surface area contributed by atoms with Crippen LogP contribution in [-0.4, -0.2) is 116 Å². The third-order valence-corrected chi connectivity index (χ3v) is 10.1. The molecule has 6 aromatic rings. The summed E-state index contributed by atoms with van der Waals surface area (Å²) >= 11 is 0. The van der Waals surface area contributed by atoms with Gasteiger partial charge in [0, 0.05) is 61.5 Å². The highest BCUT2D eigenvalue weighted by molar-refractivity contribution is 5.82. The molecule has 0 bridgehead atoms. The van der Waals surface area contributed by atoms with Gasteiger partial charge >= 0.3 is 18.3 Å². The molecule has 0 aliphatic carbocycles. The van der Waals surface area contributed by atoms with E-state index in [1.807, 2.05) is 19.2 Å². The van der Waals surface area contributed by atoms with E-state index in [1.54, 1.807) is 100 Å². The van der Waals surface area contributed by atoms with Crippen LogP contribution in [0.1, 0.15) is 51.9 Å². The minimum absolute atomic E-state index is 0.0255. The lowest BCUT2D eigenvalue weighted by molar-refractivity contribution is -0.148. The maximum absolute atomic E-state index is 12.8. The molecule has 4 heterocycles. The third kappa shape index (κ3) is 16.4. The standard InChI is InChI=1S/C24H27F3N4O3.C20H18F3N3O3.C4H11NO/c1-23(2,22(33)31(3)11-4-12-32)15-34-18-8-5-16(6-9-18)19-10-7-17(13-28-19)21-29-14-20(30-21)24(25,26)27;1-19(2,18(27)28)11-29-14-6-3-12(4-7-14)15-8-5-13(9-24-15)17-25-10-16(26-17)20(21,22)23;1-5-3-2-4-6/h5-10,13-14,32H,4,11-12,15H2,1-3H3,(H,29,30);3-10H,11H2,1-2H3,(H,25,26)(H,27,28);5-6H,2-4H2,1H3. The van der Waals surface area contributed by atoms with Gasteiger partial charge in [-0.1, -0.05) is 0 Å². The van der Waals surface area contributed by atoms with E-state index in [1.165, 1.54) is 12.4 Å². The monoisotopic (exact) mass is 970 g/mol. The molecule has 0 unspecified atom stereocenters. The first kappa shape index (κ1) is 54.8. The van der Waals surface area contributed by atoms with Crippen molar-refractivity contribution in [3.63, 3.8) is 0 Å². The van der Waals surface area contributed by atoms with E-state index in [-0.39, 0.29) is 37.4 Å². The molecule has 0 saturated carbocycles. The topological polar surface area (TPSA) is 212 Å². The number of alkyl halides is 6. The SMILES string of the molecule is CC(C)(COc1ccc(-c2ccc(-c3ncc(C(F)(F)F)[nH]3)cn2)cc1)C(=O)O.CN(CCCO)C(=O)C(C)(C)COc1ccc(-c2ccc(-c3ncc(C(F)(F)F)[nH]3)cn2)cc1.CNCCCO. The Morgan fingerprint density at radius 1 is 0.609 bits per heavy atom. The zero-order chi connectivity index (χ0) is 51.0. The van der Waals surface area contributed by atoms with Gasteiger partial charge in [0.15, 0.2) is 0 Å². The number of aromatic amines is 2. The maximum Gasteiger partial charge on any atom is 0.432 e. The number of carboxylic acids is 1. The number of nitrogens with zero attached hydrogens (tertiary/aromatic N) is 5. The molecule has 0 aliphatic rings. The molecule has 2 aromatic carbocycles. The van der Waals surface area contributed by atoms with Crippen LogP contribution in [0.4, 0.5) is 26.3 Å². The van der Waals surface area contributed by atoms with Gasteiger partial charge in [0.05, 0.1) is 34.6 Å². The fourth-order valence-electron chi connectivity index (χ4n) is 5.91. The number of aliphatic carboxylic acids is 1. The van der Waals surface area contributed by atoms with E-state index in [9.17, 15) is 35.9 Å². The van der Waals surface area contributed by atoms with Crippen molar-refractivity contribution in [2.75, 3.05) is 53.6 Å². The lowest BCUT2D eigenvalue weighted by atomic mass is 9.93. The average Bonchev–Trinajstić information content (AvgIpc) is 4.05. The van der Waals surface area contributed by atoms with Crippen molar-refractivity contribution in [1.82, 2.24) is 40.1 Å². The minimum atomic E-state index is -4.49. The number of nitrogens with one attached hydrogen (secondary N) is 3. The highest BCUT2D eigenvalue weighted by Crippen LogP contribution is 2.32. The molecule has 6 rings (SSSR count). The van der Waals surface area contributed by atoms with Crippen molar-refractivity contribution in [2.45, 2.75) is 52.9 Å². The van der Waals surface area contributed by atoms with Crippen LogP contribution in [0.15, 0.2) is 97.6 Å². The summed E-state index contributed by atoms with van der Waals surface area (Å²) in [6.45, 7) is 8.68. The molecule has 0 fully saturated rings. The molecule has 6 N–H and O–H groups in total. The number of rotatable bonds is 18. The summed E-state index contributed by atoms with van der Waals surface area (Å²) < 4.78 is 87.6. The van der Waals surface area contributed by atoms with E-state index in [4.69, 9.17) is 24.8 Å². The first-order chi connectivity index (χ1) is 32.5. The molecule has 372 valence electrons. The van der Waals surface area contributed by atoms with E-state index >= 15 is 0 Å². The van der Waals surface area contributed by atoms with Crippen molar-refractivity contribution in [3.8, 4) is 56.8 Å². The second kappa shape index (κ2) is 24.4. The zero-order valence-electron chi connectivity index (χ0n) is 38.9. The Kier molecular flexibility index (Phi) is 19.4. The van der Waals surface area contributed by atoms with Crippen LogP contribution < -0.4 is 14.8 Å². The van der Waals surface area contributed by atoms with Crippen molar-refractivity contribution in [1.29, 1.82) is 0 Å². The highest BCUT2D eigenvalue weighted by atomic mass is 19.4. The maximum atomic E-state index is 12.8. The smallest absolute Gasteiger partial charge is 0.432 e. The second-order valence-corrected chi connectivity index (χ2v) is 16.8. The molecule has 15 nitrogen and oxygen atoms in total. The number of amides is 1. The summed E-state index contributed by atoms with van der Waals surface area (Å²) in [5, 5.41) is 29.1. The average molecular weight is 971 g/mol. The van der Waals surface area contributed by atoms with Crippen molar-refractivity contribution in [3.05, 3.63) is 109 Å². The molecule has 4 aromatic heterocycles. The summed E-state index contributed by atoms with van der Waals surface area (Å²) in [6, 6.07) is 20.7. The van der Waals surface area contributed by atoms with Crippen LogP contribution in [0.3, 0.4) is 0 Å². The number of benzene rings is 2. The number of hydrogen-bond acceptors (Lipinski definition) is 11. The molecule has 69 heavy (non-hydrogen) atoms. The lowest BCUT2D eigenvalue weighted by Gasteiger charge is -2.29. The largest absolute Gasteiger partial charge is 0.492 e. The van der Waals surface area contributed by atoms with Gasteiger partial charge in [-0.05, 0) is 127 Å². The highest BCUT2D eigenvalue weighted by Gasteiger charge is 2.34. The first-order valence-electron chi connectivity index (χ1n) is 21.5. The van der Waals surface area contributed by atoms with E-state index < -0.39 is 40.5 Å². The van der Waals surface area contributed by atoms with E-state index in [2.05, 4.69) is 35.2 Å². The van der Waals surface area contributed by atoms with Gasteiger partial charge in [-0.2, -0.15) is 26.3 Å². The summed E-state index contributed by atoms with van der Waals surface area (Å²) in [5.74, 6) is 0.276. The Bertz CT molecular complexity index is 2510. The number of aliphatic hydroxyl groups excluding tert-OH is 2. The fraction of sp³-hybridized carbons (Fsp3) is 0.375. The van der Waals surface area contributed by atoms with Gasteiger partial charge < -0.3 is 45.0 Å². The van der Waals surface area contributed by atoms with Crippen molar-refractivity contribution in [2.24, 2.45) is 10.8 Å². The molecular formula is C48H56F6N8O7. The molecule has 0 aliphatic heterocycles. The minimum Gasteiger partial charge on any atom is -0.492 e. The van der Waals surface area contributed by atoms with Gasteiger partial charge in [0.25, 0.3) is 0 Å². The predicted octanol–water partition coefficient (Wildman–Crippen LogP) is 8.64. The van der Waals surface area contributed by atoms with Crippen LogP contribution in [0, 0.1) is 10.8 Å². The number of carbonyl (C=O) groups is 2. The number of halogens is 6. The normalized spacial score (nSPS) is 11.7. The van der Waals surface area contributed by atoms with E-state index in [0.29, 0.717) is 53.6 Å². The number of carboxylic acid groups (broad SMARTS) is 1. The number of imidazole rings is 2. The number of H-pyrrole nitrogens is 2. The van der Waals surface area contributed by atoms with Gasteiger partial charge in [-0.25, -0.2) is 9.97 Å². The van der Waals surface area contributed by atoms with Crippen LogP contribution >= 0.6 is 0 Å². The second-order valence-electron chi connectivity index (χ2n) is 16.8. The Balaban J connectivity index is 0.000000271. The number of pyridine rings is 2. The van der Waals surface area contributed by atoms with Crippen LogP contribution in [0.2, 0.25) is 0 Å². The number of aliphatic hydroxyl groups is 2. The van der Waals surface area contributed by atoms with Crippen molar-refractivity contribution >= 4 is 11.9 Å². The molecule has 0 spiro atoms. The van der Waals surface area contributed by atoms with Gasteiger partial charge in [0.2, 0.25) is 5.91 Å². The Hall–Kier alpha value is -6.84. The van der Waals surface area contributed by atoms with Crippen LogP contribution in [0.5, 0.6) is 11.5 Å². The molecule has 1 amide bonds. The Morgan fingerprint density at radius 2 is 1.01 bits per heavy atom. The van der Waals surface area contributed by atoms with Gasteiger partial charge in [0.1, 0.15) is 47.7 Å². The molecular weight excluding hydrogens is 915 g/mol. The Morgan fingerprint density at radius 3 is 1.33 bits per heavy atom. The third-order valence-electron chi connectivity index (χ3n) is 10.1. The number of hydrogen-bond donors (Lipinski definition) is 6. The van der Waals surface area contributed by atoms with Crippen molar-refractivity contribution < 1.29 is 60.7 Å². The molecule has 21 heteroatoms. The van der Waals surface area contributed by atoms with E-state index in [0.717, 1.165) is 36.5 Å². The number of aromatic nitrogens is 6. The summed E-state index contributed by atoms with van der Waals surface area (Å²) in [4.78, 5) is 45.9. The number of ether oxygens (including phenoxy) is 2. The summed E-state index contributed by atoms with van der Waals surface area (Å²) in [5.41, 5.74) is 0.126. The molecule has 0 radical (unpaired) electrons.